The third kappa shape index (κ3) is 3.20. The number of rotatable bonds is 4. The van der Waals surface area contributed by atoms with E-state index in [2.05, 4.69) is 22.6 Å². The monoisotopic (exact) mass is 401 g/mol. The van der Waals surface area contributed by atoms with Crippen molar-refractivity contribution in [1.82, 2.24) is 4.90 Å². The smallest absolute Gasteiger partial charge is 0.255 e. The average molecular weight is 401 g/mol. The molecular formula is C15H13FINOS. The van der Waals surface area contributed by atoms with Crippen molar-refractivity contribution in [2.24, 2.45) is 0 Å². The van der Waals surface area contributed by atoms with Gasteiger partial charge in [-0.2, -0.15) is 0 Å². The van der Waals surface area contributed by atoms with E-state index in [1.807, 2.05) is 16.3 Å². The SMILES string of the molecule is O=C(c1csc(I)c1)N(Cc1ccc(F)cc1)C1CC1. The molecule has 0 atom stereocenters. The van der Waals surface area contributed by atoms with Crippen molar-refractivity contribution in [3.8, 4) is 0 Å². The number of hydrogen-bond donors (Lipinski definition) is 0. The van der Waals surface area contributed by atoms with Crippen LogP contribution in [0, 0.1) is 8.70 Å². The molecule has 0 saturated heterocycles. The molecule has 0 bridgehead atoms. The Hall–Kier alpha value is -0.950. The molecule has 20 heavy (non-hydrogen) atoms. The van der Waals surface area contributed by atoms with Gasteiger partial charge in [-0.3, -0.25) is 4.79 Å². The van der Waals surface area contributed by atoms with E-state index in [0.717, 1.165) is 26.9 Å². The Labute approximate surface area is 134 Å². The first kappa shape index (κ1) is 14.0. The zero-order chi connectivity index (χ0) is 14.1. The van der Waals surface area contributed by atoms with E-state index in [4.69, 9.17) is 0 Å². The van der Waals surface area contributed by atoms with Crippen LogP contribution < -0.4 is 0 Å². The molecule has 0 spiro atoms. The molecule has 0 aliphatic heterocycles. The molecule has 1 fully saturated rings. The van der Waals surface area contributed by atoms with Crippen LogP contribution in [0.5, 0.6) is 0 Å². The number of thiophene rings is 1. The van der Waals surface area contributed by atoms with Gasteiger partial charge in [0, 0.05) is 18.0 Å². The molecule has 2 aromatic rings. The second-order valence-electron chi connectivity index (χ2n) is 4.93. The minimum Gasteiger partial charge on any atom is -0.331 e. The number of amides is 1. The first-order valence-electron chi connectivity index (χ1n) is 6.43. The lowest BCUT2D eigenvalue weighted by molar-refractivity contribution is 0.0730. The summed E-state index contributed by atoms with van der Waals surface area (Å²) in [6.07, 6.45) is 2.13. The molecule has 3 rings (SSSR count). The van der Waals surface area contributed by atoms with Crippen LogP contribution in [-0.4, -0.2) is 16.8 Å². The average Bonchev–Trinajstić information content (AvgIpc) is 3.19. The lowest BCUT2D eigenvalue weighted by atomic mass is 10.2. The zero-order valence-electron chi connectivity index (χ0n) is 10.7. The van der Waals surface area contributed by atoms with Crippen LogP contribution in [0.4, 0.5) is 4.39 Å². The second-order valence-corrected chi connectivity index (χ2v) is 7.74. The summed E-state index contributed by atoms with van der Waals surface area (Å²) < 4.78 is 14.1. The van der Waals surface area contributed by atoms with Gasteiger partial charge < -0.3 is 4.90 Å². The van der Waals surface area contributed by atoms with Gasteiger partial charge in [0.2, 0.25) is 0 Å². The van der Waals surface area contributed by atoms with Gasteiger partial charge in [0.05, 0.1) is 8.45 Å². The van der Waals surface area contributed by atoms with Crippen molar-refractivity contribution >= 4 is 39.8 Å². The first-order chi connectivity index (χ1) is 9.63. The molecule has 0 N–H and O–H groups in total. The minimum atomic E-state index is -0.245. The summed E-state index contributed by atoms with van der Waals surface area (Å²) in [6.45, 7) is 0.552. The Morgan fingerprint density at radius 1 is 1.35 bits per heavy atom. The summed E-state index contributed by atoms with van der Waals surface area (Å²) in [5.41, 5.74) is 1.73. The number of hydrogen-bond acceptors (Lipinski definition) is 2. The molecular weight excluding hydrogens is 388 g/mol. The summed E-state index contributed by atoms with van der Waals surface area (Å²) in [6, 6.07) is 8.64. The van der Waals surface area contributed by atoms with Crippen LogP contribution >= 0.6 is 33.9 Å². The quantitative estimate of drug-likeness (QED) is 0.700. The maximum atomic E-state index is 12.9. The number of nitrogens with zero attached hydrogens (tertiary/aromatic N) is 1. The largest absolute Gasteiger partial charge is 0.331 e. The van der Waals surface area contributed by atoms with E-state index >= 15 is 0 Å². The molecule has 1 aromatic carbocycles. The highest BCUT2D eigenvalue weighted by Crippen LogP contribution is 2.30. The Balaban J connectivity index is 1.79. The molecule has 1 aliphatic rings. The van der Waals surface area contributed by atoms with E-state index in [-0.39, 0.29) is 11.7 Å². The van der Waals surface area contributed by atoms with Gasteiger partial charge in [0.15, 0.2) is 0 Å². The predicted molar refractivity (Wildman–Crippen MR) is 86.3 cm³/mol. The minimum absolute atomic E-state index is 0.0796. The predicted octanol–water partition coefficient (Wildman–Crippen LogP) is 4.30. The fraction of sp³-hybridized carbons (Fsp3) is 0.267. The standard InChI is InChI=1S/C15H13FINOS/c16-12-3-1-10(2-4-12)8-18(13-5-6-13)15(19)11-7-14(17)20-9-11/h1-4,7,9,13H,5-6,8H2. The highest BCUT2D eigenvalue weighted by atomic mass is 127. The van der Waals surface area contributed by atoms with E-state index in [1.165, 1.54) is 12.1 Å². The fourth-order valence-corrected chi connectivity index (χ4v) is 3.45. The maximum Gasteiger partial charge on any atom is 0.255 e. The molecule has 1 saturated carbocycles. The molecule has 0 radical (unpaired) electrons. The summed E-state index contributed by atoms with van der Waals surface area (Å²) >= 11 is 3.80. The van der Waals surface area contributed by atoms with Gasteiger partial charge in [-0.15, -0.1) is 11.3 Å². The van der Waals surface area contributed by atoms with Gasteiger partial charge in [0.1, 0.15) is 5.82 Å². The summed E-state index contributed by atoms with van der Waals surface area (Å²) in [5.74, 6) is -0.165. The van der Waals surface area contributed by atoms with E-state index in [1.54, 1.807) is 23.5 Å². The van der Waals surface area contributed by atoms with Crippen molar-refractivity contribution < 1.29 is 9.18 Å². The van der Waals surface area contributed by atoms with Crippen LogP contribution in [0.1, 0.15) is 28.8 Å². The van der Waals surface area contributed by atoms with E-state index < -0.39 is 0 Å². The fourth-order valence-electron chi connectivity index (χ4n) is 2.13. The lowest BCUT2D eigenvalue weighted by Crippen LogP contribution is -2.32. The lowest BCUT2D eigenvalue weighted by Gasteiger charge is -2.22. The van der Waals surface area contributed by atoms with Gasteiger partial charge in [0.25, 0.3) is 5.91 Å². The van der Waals surface area contributed by atoms with Crippen molar-refractivity contribution in [3.05, 3.63) is 55.5 Å². The van der Waals surface area contributed by atoms with Gasteiger partial charge in [-0.25, -0.2) is 4.39 Å². The molecule has 2 nitrogen and oxygen atoms in total. The Bertz CT molecular complexity index is 621. The van der Waals surface area contributed by atoms with Gasteiger partial charge in [-0.1, -0.05) is 12.1 Å². The van der Waals surface area contributed by atoms with E-state index in [9.17, 15) is 9.18 Å². The molecule has 1 amide bonds. The van der Waals surface area contributed by atoms with Crippen LogP contribution in [0.25, 0.3) is 0 Å². The summed E-state index contributed by atoms with van der Waals surface area (Å²) in [4.78, 5) is 14.5. The maximum absolute atomic E-state index is 12.9. The Morgan fingerprint density at radius 2 is 2.05 bits per heavy atom. The van der Waals surface area contributed by atoms with Crippen molar-refractivity contribution in [3.63, 3.8) is 0 Å². The van der Waals surface area contributed by atoms with Crippen LogP contribution in [0.2, 0.25) is 0 Å². The first-order valence-corrected chi connectivity index (χ1v) is 8.39. The highest BCUT2D eigenvalue weighted by molar-refractivity contribution is 14.1. The molecule has 1 heterocycles. The zero-order valence-corrected chi connectivity index (χ0v) is 13.7. The number of carbonyl (C=O) groups excluding carboxylic acids is 1. The van der Waals surface area contributed by atoms with Gasteiger partial charge in [-0.05, 0) is 59.2 Å². The molecule has 104 valence electrons. The van der Waals surface area contributed by atoms with Crippen molar-refractivity contribution in [2.45, 2.75) is 25.4 Å². The molecule has 5 heteroatoms. The van der Waals surface area contributed by atoms with Gasteiger partial charge >= 0.3 is 0 Å². The third-order valence-corrected chi connectivity index (χ3v) is 5.12. The molecule has 1 aromatic heterocycles. The normalized spacial score (nSPS) is 14.3. The third-order valence-electron chi connectivity index (χ3n) is 3.33. The molecule has 1 aliphatic carbocycles. The number of halogens is 2. The van der Waals surface area contributed by atoms with Crippen LogP contribution in [0.15, 0.2) is 35.7 Å². The number of carbonyl (C=O) groups is 1. The Morgan fingerprint density at radius 3 is 2.60 bits per heavy atom. The van der Waals surface area contributed by atoms with Crippen molar-refractivity contribution in [1.29, 1.82) is 0 Å². The number of benzene rings is 1. The summed E-state index contributed by atoms with van der Waals surface area (Å²) in [5, 5.41) is 1.91. The van der Waals surface area contributed by atoms with Crippen molar-refractivity contribution in [2.75, 3.05) is 0 Å². The second kappa shape index (κ2) is 5.81. The Kier molecular flexibility index (Phi) is 4.07. The topological polar surface area (TPSA) is 20.3 Å². The van der Waals surface area contributed by atoms with Crippen LogP contribution in [0.3, 0.4) is 0 Å². The summed E-state index contributed by atoms with van der Waals surface area (Å²) in [7, 11) is 0. The van der Waals surface area contributed by atoms with Crippen LogP contribution in [-0.2, 0) is 6.54 Å². The molecule has 0 unspecified atom stereocenters. The van der Waals surface area contributed by atoms with E-state index in [0.29, 0.717) is 12.6 Å². The highest BCUT2D eigenvalue weighted by Gasteiger charge is 2.33.